The number of hydrogen-bond donors (Lipinski definition) is 0. The molecule has 0 fully saturated rings. The van der Waals surface area contributed by atoms with Gasteiger partial charge < -0.3 is 9.05 Å². The van der Waals surface area contributed by atoms with Crippen LogP contribution in [0.1, 0.15) is 19.4 Å². The van der Waals surface area contributed by atoms with E-state index in [1.807, 2.05) is 19.1 Å². The second-order valence-electron chi connectivity index (χ2n) is 4.03. The standard InChI is InChI=1S/C14H20NO4PS/c1-4-18-20(16,19-5-2)12-6-11-15-21(17)14-9-7-13(3)8-10-14/h6-12H,4-5H2,1-3H3/b12-6+,15-11+. The van der Waals surface area contributed by atoms with Crippen molar-refractivity contribution in [3.63, 3.8) is 0 Å². The zero-order valence-electron chi connectivity index (χ0n) is 12.4. The van der Waals surface area contributed by atoms with E-state index in [1.165, 1.54) is 18.1 Å². The first-order valence-electron chi connectivity index (χ1n) is 6.60. The SMILES string of the molecule is CCOP(=O)(/C=C/C=N/S(=O)c1ccc(C)cc1)OCC. The van der Waals surface area contributed by atoms with Crippen LogP contribution in [0.2, 0.25) is 0 Å². The average Bonchev–Trinajstić information content (AvgIpc) is 2.45. The lowest BCUT2D eigenvalue weighted by atomic mass is 10.2. The van der Waals surface area contributed by atoms with E-state index in [-0.39, 0.29) is 13.2 Å². The van der Waals surface area contributed by atoms with E-state index >= 15 is 0 Å². The monoisotopic (exact) mass is 329 g/mol. The fraction of sp³-hybridized carbons (Fsp3) is 0.357. The lowest BCUT2D eigenvalue weighted by Crippen LogP contribution is -1.92. The van der Waals surface area contributed by atoms with Crippen molar-refractivity contribution in [1.82, 2.24) is 0 Å². The molecule has 0 N–H and O–H groups in total. The van der Waals surface area contributed by atoms with Crippen molar-refractivity contribution < 1.29 is 17.8 Å². The van der Waals surface area contributed by atoms with Gasteiger partial charge >= 0.3 is 7.60 Å². The summed E-state index contributed by atoms with van der Waals surface area (Å²) in [5.74, 6) is 1.32. The van der Waals surface area contributed by atoms with Crippen LogP contribution >= 0.6 is 7.60 Å². The molecule has 0 saturated heterocycles. The minimum absolute atomic E-state index is 0.286. The van der Waals surface area contributed by atoms with Crippen LogP contribution in [-0.4, -0.2) is 23.6 Å². The van der Waals surface area contributed by atoms with E-state index in [0.29, 0.717) is 4.90 Å². The van der Waals surface area contributed by atoms with Gasteiger partial charge in [-0.3, -0.25) is 4.57 Å². The Kier molecular flexibility index (Phi) is 7.75. The minimum atomic E-state index is -3.23. The van der Waals surface area contributed by atoms with Crippen LogP contribution in [0.25, 0.3) is 0 Å². The maximum absolute atomic E-state index is 12.1. The van der Waals surface area contributed by atoms with Crippen molar-refractivity contribution in [2.75, 3.05) is 13.2 Å². The van der Waals surface area contributed by atoms with Gasteiger partial charge in [0.2, 0.25) is 0 Å². The van der Waals surface area contributed by atoms with Crippen LogP contribution in [-0.2, 0) is 24.6 Å². The molecular formula is C14H20NO4PS. The van der Waals surface area contributed by atoms with Crippen molar-refractivity contribution in [3.8, 4) is 0 Å². The Morgan fingerprint density at radius 3 is 2.29 bits per heavy atom. The highest BCUT2D eigenvalue weighted by atomic mass is 32.2. The van der Waals surface area contributed by atoms with Crippen LogP contribution in [0, 0.1) is 6.92 Å². The number of rotatable bonds is 8. The van der Waals surface area contributed by atoms with Crippen LogP contribution in [0.15, 0.2) is 45.5 Å². The molecule has 1 unspecified atom stereocenters. The number of allylic oxidation sites excluding steroid dienone is 1. The van der Waals surface area contributed by atoms with Gasteiger partial charge in [-0.2, -0.15) is 4.40 Å². The van der Waals surface area contributed by atoms with Crippen LogP contribution in [0.3, 0.4) is 0 Å². The first kappa shape index (κ1) is 18.0. The summed E-state index contributed by atoms with van der Waals surface area (Å²) in [6, 6.07) is 7.27. The van der Waals surface area contributed by atoms with Gasteiger partial charge in [-0.25, -0.2) is 4.21 Å². The lowest BCUT2D eigenvalue weighted by Gasteiger charge is -2.11. The third-order valence-corrected chi connectivity index (χ3v) is 5.11. The molecule has 116 valence electrons. The van der Waals surface area contributed by atoms with Gasteiger partial charge in [0.1, 0.15) is 0 Å². The quantitative estimate of drug-likeness (QED) is 0.536. The highest BCUT2D eigenvalue weighted by Gasteiger charge is 2.18. The van der Waals surface area contributed by atoms with E-state index < -0.39 is 18.6 Å². The predicted octanol–water partition coefficient (Wildman–Crippen LogP) is 3.87. The zero-order chi connectivity index (χ0) is 15.7. The molecule has 0 bridgehead atoms. The van der Waals surface area contributed by atoms with E-state index in [1.54, 1.807) is 26.0 Å². The Hall–Kier alpha value is -1.07. The summed E-state index contributed by atoms with van der Waals surface area (Å²) in [6.07, 6.45) is 2.76. The number of hydrogen-bond acceptors (Lipinski definition) is 4. The first-order valence-corrected chi connectivity index (χ1v) is 9.32. The molecule has 7 heteroatoms. The van der Waals surface area contributed by atoms with Gasteiger partial charge in [0.05, 0.1) is 18.1 Å². The van der Waals surface area contributed by atoms with Crippen molar-refractivity contribution in [2.45, 2.75) is 25.7 Å². The Labute approximate surface area is 128 Å². The Bertz CT molecular complexity index is 559. The van der Waals surface area contributed by atoms with Gasteiger partial charge in [0.25, 0.3) is 0 Å². The van der Waals surface area contributed by atoms with Crippen molar-refractivity contribution >= 4 is 24.8 Å². The van der Waals surface area contributed by atoms with E-state index in [9.17, 15) is 8.77 Å². The van der Waals surface area contributed by atoms with E-state index in [0.717, 1.165) is 5.56 Å². The average molecular weight is 329 g/mol. The summed E-state index contributed by atoms with van der Waals surface area (Å²) < 4.78 is 38.0. The molecule has 5 nitrogen and oxygen atoms in total. The number of benzene rings is 1. The molecule has 0 radical (unpaired) electrons. The van der Waals surface area contributed by atoms with Crippen LogP contribution in [0.4, 0.5) is 0 Å². The van der Waals surface area contributed by atoms with Gasteiger partial charge in [-0.15, -0.1) is 0 Å². The van der Waals surface area contributed by atoms with E-state index in [2.05, 4.69) is 4.40 Å². The van der Waals surface area contributed by atoms with Crippen LogP contribution < -0.4 is 0 Å². The predicted molar refractivity (Wildman–Crippen MR) is 86.1 cm³/mol. The summed E-state index contributed by atoms with van der Waals surface area (Å²) >= 11 is 0. The van der Waals surface area contributed by atoms with Gasteiger partial charge in [0, 0.05) is 12.0 Å². The van der Waals surface area contributed by atoms with Crippen molar-refractivity contribution in [1.29, 1.82) is 0 Å². The third-order valence-electron chi connectivity index (χ3n) is 2.35. The summed E-state index contributed by atoms with van der Waals surface area (Å²) in [5.41, 5.74) is 1.09. The summed E-state index contributed by atoms with van der Waals surface area (Å²) in [5, 5.41) is 0. The van der Waals surface area contributed by atoms with Gasteiger partial charge in [-0.1, -0.05) is 17.7 Å². The largest absolute Gasteiger partial charge is 0.354 e. The van der Waals surface area contributed by atoms with Gasteiger partial charge in [-0.05, 0) is 39.0 Å². The molecule has 0 aliphatic rings. The second kappa shape index (κ2) is 9.05. The Morgan fingerprint density at radius 1 is 1.19 bits per heavy atom. The molecule has 1 aromatic carbocycles. The lowest BCUT2D eigenvalue weighted by molar-refractivity contribution is 0.229. The van der Waals surface area contributed by atoms with E-state index in [4.69, 9.17) is 9.05 Å². The first-order chi connectivity index (χ1) is 10.0. The molecule has 0 spiro atoms. The molecule has 0 amide bonds. The fourth-order valence-electron chi connectivity index (χ4n) is 1.43. The topological polar surface area (TPSA) is 65.0 Å². The molecule has 0 aromatic heterocycles. The minimum Gasteiger partial charge on any atom is -0.306 e. The maximum atomic E-state index is 12.1. The summed E-state index contributed by atoms with van der Waals surface area (Å²) in [6.45, 7) is 6.00. The molecule has 0 saturated carbocycles. The zero-order valence-corrected chi connectivity index (χ0v) is 14.1. The third kappa shape index (κ3) is 6.48. The van der Waals surface area contributed by atoms with Gasteiger partial charge in [0.15, 0.2) is 11.0 Å². The maximum Gasteiger partial charge on any atom is 0.354 e. The molecule has 21 heavy (non-hydrogen) atoms. The molecule has 0 heterocycles. The smallest absolute Gasteiger partial charge is 0.306 e. The Balaban J connectivity index is 2.67. The molecule has 1 aromatic rings. The second-order valence-corrected chi connectivity index (χ2v) is 7.11. The molecule has 0 aliphatic heterocycles. The summed E-state index contributed by atoms with van der Waals surface area (Å²) in [7, 11) is -4.71. The normalized spacial score (nSPS) is 14.0. The number of nitrogens with zero attached hydrogens (tertiary/aromatic N) is 1. The highest BCUT2D eigenvalue weighted by Crippen LogP contribution is 2.49. The fourth-order valence-corrected chi connectivity index (χ4v) is 3.36. The highest BCUT2D eigenvalue weighted by molar-refractivity contribution is 7.83. The molecule has 1 atom stereocenters. The van der Waals surface area contributed by atoms with Crippen LogP contribution in [0.5, 0.6) is 0 Å². The molecule has 1 rings (SSSR count). The number of aryl methyl sites for hydroxylation is 1. The Morgan fingerprint density at radius 2 is 1.76 bits per heavy atom. The molecule has 0 aliphatic carbocycles. The molecular weight excluding hydrogens is 309 g/mol. The van der Waals surface area contributed by atoms with Crippen molar-refractivity contribution in [3.05, 3.63) is 41.7 Å². The van der Waals surface area contributed by atoms with Crippen molar-refractivity contribution in [2.24, 2.45) is 4.40 Å². The summed E-state index contributed by atoms with van der Waals surface area (Å²) in [4.78, 5) is 0.614.